The zero-order valence-electron chi connectivity index (χ0n) is 9.56. The maximum Gasteiger partial charge on any atom is 0.114 e. The molecule has 0 amide bonds. The lowest BCUT2D eigenvalue weighted by Crippen LogP contribution is -1.97. The maximum atomic E-state index is 5.86. The number of benzene rings is 2. The van der Waals surface area contributed by atoms with Crippen LogP contribution < -0.4 is 0 Å². The molecule has 0 bridgehead atoms. The van der Waals surface area contributed by atoms with Crippen LogP contribution >= 0.6 is 27.5 Å². The van der Waals surface area contributed by atoms with E-state index in [0.29, 0.717) is 5.02 Å². The third-order valence-corrected chi connectivity index (χ3v) is 3.82. The fourth-order valence-corrected chi connectivity index (χ4v) is 2.19. The molecule has 0 atom stereocenters. The number of hydrogen-bond donors (Lipinski definition) is 0. The predicted octanol–water partition coefficient (Wildman–Crippen LogP) is 4.14. The number of fused-ring (bicyclic) bond motifs is 1. The standard InChI is InChI=1S/C13H9BrClN3/c1-8-6-12-13(7-11(8)14)17-18(16-12)10-4-2-9(15)3-5-10/h2-7H,1H3. The van der Waals surface area contributed by atoms with Crippen molar-refractivity contribution >= 4 is 38.6 Å². The summed E-state index contributed by atoms with van der Waals surface area (Å²) in [5.74, 6) is 0. The Morgan fingerprint density at radius 2 is 1.67 bits per heavy atom. The molecule has 0 aliphatic carbocycles. The Kier molecular flexibility index (Phi) is 2.84. The van der Waals surface area contributed by atoms with Crippen LogP contribution in [0.3, 0.4) is 0 Å². The first-order chi connectivity index (χ1) is 8.63. The van der Waals surface area contributed by atoms with Crippen LogP contribution in [0.5, 0.6) is 0 Å². The van der Waals surface area contributed by atoms with Gasteiger partial charge in [0.2, 0.25) is 0 Å². The van der Waals surface area contributed by atoms with Crippen molar-refractivity contribution in [2.24, 2.45) is 0 Å². The van der Waals surface area contributed by atoms with Crippen LogP contribution in [0.15, 0.2) is 40.9 Å². The highest BCUT2D eigenvalue weighted by Crippen LogP contribution is 2.22. The number of aromatic nitrogens is 3. The summed E-state index contributed by atoms with van der Waals surface area (Å²) in [6.07, 6.45) is 0. The Hall–Kier alpha value is -1.39. The van der Waals surface area contributed by atoms with Crippen LogP contribution in [0.1, 0.15) is 5.56 Å². The second-order valence-electron chi connectivity index (χ2n) is 4.06. The molecule has 3 nitrogen and oxygen atoms in total. The molecular formula is C13H9BrClN3. The number of nitrogens with zero attached hydrogens (tertiary/aromatic N) is 3. The zero-order chi connectivity index (χ0) is 12.7. The number of hydrogen-bond acceptors (Lipinski definition) is 2. The number of rotatable bonds is 1. The molecule has 0 saturated carbocycles. The summed E-state index contributed by atoms with van der Waals surface area (Å²) < 4.78 is 1.04. The van der Waals surface area contributed by atoms with Gasteiger partial charge in [0, 0.05) is 9.50 Å². The van der Waals surface area contributed by atoms with E-state index in [0.717, 1.165) is 26.8 Å². The van der Waals surface area contributed by atoms with E-state index in [1.165, 1.54) is 0 Å². The molecule has 0 spiro atoms. The van der Waals surface area contributed by atoms with Crippen molar-refractivity contribution in [3.63, 3.8) is 0 Å². The SMILES string of the molecule is Cc1cc2nn(-c3ccc(Cl)cc3)nc2cc1Br. The van der Waals surface area contributed by atoms with Crippen LogP contribution in [0.2, 0.25) is 5.02 Å². The van der Waals surface area contributed by atoms with Crippen molar-refractivity contribution in [2.75, 3.05) is 0 Å². The summed E-state index contributed by atoms with van der Waals surface area (Å²) in [4.78, 5) is 1.62. The molecular weight excluding hydrogens is 314 g/mol. The molecule has 0 N–H and O–H groups in total. The molecule has 5 heteroatoms. The molecule has 18 heavy (non-hydrogen) atoms. The first-order valence-corrected chi connectivity index (χ1v) is 6.60. The quantitative estimate of drug-likeness (QED) is 0.674. The zero-order valence-corrected chi connectivity index (χ0v) is 11.9. The van der Waals surface area contributed by atoms with Gasteiger partial charge >= 0.3 is 0 Å². The summed E-state index contributed by atoms with van der Waals surface area (Å²) in [7, 11) is 0. The predicted molar refractivity (Wildman–Crippen MR) is 76.3 cm³/mol. The monoisotopic (exact) mass is 321 g/mol. The van der Waals surface area contributed by atoms with E-state index in [-0.39, 0.29) is 0 Å². The van der Waals surface area contributed by atoms with Gasteiger partial charge in [0.25, 0.3) is 0 Å². The molecule has 0 aliphatic heterocycles. The van der Waals surface area contributed by atoms with E-state index in [1.807, 2.05) is 43.3 Å². The molecule has 0 fully saturated rings. The van der Waals surface area contributed by atoms with Crippen molar-refractivity contribution in [1.82, 2.24) is 15.0 Å². The smallest absolute Gasteiger partial charge is 0.114 e. The highest BCUT2D eigenvalue weighted by Gasteiger charge is 2.06. The summed E-state index contributed by atoms with van der Waals surface area (Å²) in [5.41, 5.74) is 3.78. The van der Waals surface area contributed by atoms with E-state index in [2.05, 4.69) is 26.1 Å². The van der Waals surface area contributed by atoms with Gasteiger partial charge in [0.05, 0.1) is 5.69 Å². The van der Waals surface area contributed by atoms with Gasteiger partial charge in [0.1, 0.15) is 11.0 Å². The average Bonchev–Trinajstić information content (AvgIpc) is 2.73. The molecule has 3 rings (SSSR count). The lowest BCUT2D eigenvalue weighted by Gasteiger charge is -1.97. The van der Waals surface area contributed by atoms with E-state index in [4.69, 9.17) is 11.6 Å². The Morgan fingerprint density at radius 3 is 2.33 bits per heavy atom. The molecule has 0 aliphatic rings. The highest BCUT2D eigenvalue weighted by atomic mass is 79.9. The lowest BCUT2D eigenvalue weighted by atomic mass is 10.2. The third kappa shape index (κ3) is 2.02. The molecule has 0 saturated heterocycles. The molecule has 3 aromatic rings. The Labute approximate surface area is 118 Å². The van der Waals surface area contributed by atoms with Gasteiger partial charge in [-0.25, -0.2) is 0 Å². The van der Waals surface area contributed by atoms with Crippen molar-refractivity contribution in [3.8, 4) is 5.69 Å². The minimum absolute atomic E-state index is 0.703. The fourth-order valence-electron chi connectivity index (χ4n) is 1.73. The summed E-state index contributed by atoms with van der Waals surface area (Å²) in [5, 5.41) is 9.61. The van der Waals surface area contributed by atoms with Crippen LogP contribution in [-0.4, -0.2) is 15.0 Å². The van der Waals surface area contributed by atoms with Gasteiger partial charge in [-0.15, -0.1) is 10.2 Å². The molecule has 1 aromatic heterocycles. The van der Waals surface area contributed by atoms with Crippen molar-refractivity contribution in [3.05, 3.63) is 51.5 Å². The van der Waals surface area contributed by atoms with Gasteiger partial charge in [0.15, 0.2) is 0 Å². The summed E-state index contributed by atoms with van der Waals surface area (Å²) in [6, 6.07) is 11.4. The maximum absolute atomic E-state index is 5.86. The second kappa shape index (κ2) is 4.37. The van der Waals surface area contributed by atoms with Crippen LogP contribution in [-0.2, 0) is 0 Å². The number of halogens is 2. The van der Waals surface area contributed by atoms with Gasteiger partial charge in [-0.1, -0.05) is 27.5 Å². The Morgan fingerprint density at radius 1 is 1.06 bits per heavy atom. The van der Waals surface area contributed by atoms with Crippen LogP contribution in [0.25, 0.3) is 16.7 Å². The second-order valence-corrected chi connectivity index (χ2v) is 5.35. The van der Waals surface area contributed by atoms with E-state index in [1.54, 1.807) is 4.80 Å². The minimum atomic E-state index is 0.703. The Balaban J connectivity index is 2.16. The van der Waals surface area contributed by atoms with Crippen molar-refractivity contribution < 1.29 is 0 Å². The molecule has 2 aromatic carbocycles. The summed E-state index contributed by atoms with van der Waals surface area (Å²) in [6.45, 7) is 2.03. The first-order valence-electron chi connectivity index (χ1n) is 5.42. The van der Waals surface area contributed by atoms with Gasteiger partial charge in [-0.05, 0) is 48.9 Å². The van der Waals surface area contributed by atoms with Gasteiger partial charge in [-0.3, -0.25) is 0 Å². The highest BCUT2D eigenvalue weighted by molar-refractivity contribution is 9.10. The third-order valence-electron chi connectivity index (χ3n) is 2.72. The molecule has 0 radical (unpaired) electrons. The normalized spacial score (nSPS) is 11.1. The van der Waals surface area contributed by atoms with E-state index >= 15 is 0 Å². The van der Waals surface area contributed by atoms with Gasteiger partial charge in [-0.2, -0.15) is 4.80 Å². The van der Waals surface area contributed by atoms with Gasteiger partial charge < -0.3 is 0 Å². The van der Waals surface area contributed by atoms with Crippen LogP contribution in [0.4, 0.5) is 0 Å². The topological polar surface area (TPSA) is 30.7 Å². The fraction of sp³-hybridized carbons (Fsp3) is 0.0769. The largest absolute Gasteiger partial charge is 0.150 e. The van der Waals surface area contributed by atoms with E-state index < -0.39 is 0 Å². The van der Waals surface area contributed by atoms with Crippen LogP contribution in [0, 0.1) is 6.92 Å². The van der Waals surface area contributed by atoms with Crippen molar-refractivity contribution in [2.45, 2.75) is 6.92 Å². The molecule has 0 unspecified atom stereocenters. The number of aryl methyl sites for hydroxylation is 1. The van der Waals surface area contributed by atoms with Crippen molar-refractivity contribution in [1.29, 1.82) is 0 Å². The first kappa shape index (κ1) is 11.7. The lowest BCUT2D eigenvalue weighted by molar-refractivity contribution is 0.766. The molecule has 90 valence electrons. The van der Waals surface area contributed by atoms with E-state index in [9.17, 15) is 0 Å². The Bertz CT molecular complexity index is 680. The average molecular weight is 323 g/mol. The summed E-state index contributed by atoms with van der Waals surface area (Å²) >= 11 is 9.36. The molecule has 1 heterocycles. The minimum Gasteiger partial charge on any atom is -0.150 e.